The highest BCUT2D eigenvalue weighted by molar-refractivity contribution is 5.86. The van der Waals surface area contributed by atoms with Crippen molar-refractivity contribution in [1.82, 2.24) is 10.6 Å². The van der Waals surface area contributed by atoms with Gasteiger partial charge in [-0.25, -0.2) is 0 Å². The molecule has 0 aromatic rings. The highest BCUT2D eigenvalue weighted by atomic mass is 16.3. The minimum Gasteiger partial charge on any atom is -0.394 e. The molecule has 82 valence electrons. The Hall–Kier alpha value is -0.610. The highest BCUT2D eigenvalue weighted by Crippen LogP contribution is 2.31. The summed E-state index contributed by atoms with van der Waals surface area (Å²) < 4.78 is 0. The summed E-state index contributed by atoms with van der Waals surface area (Å²) in [6.07, 6.45) is 2.85. The van der Waals surface area contributed by atoms with E-state index in [0.29, 0.717) is 0 Å². The summed E-state index contributed by atoms with van der Waals surface area (Å²) in [7, 11) is 1.76. The van der Waals surface area contributed by atoms with E-state index in [0.717, 1.165) is 19.3 Å². The van der Waals surface area contributed by atoms with Gasteiger partial charge in [-0.1, -0.05) is 0 Å². The molecule has 0 heterocycles. The first-order valence-electron chi connectivity index (χ1n) is 5.08. The molecule has 1 fully saturated rings. The first-order valence-corrected chi connectivity index (χ1v) is 5.08. The lowest BCUT2D eigenvalue weighted by atomic mass is 9.77. The normalized spacial score (nSPS) is 20.0. The van der Waals surface area contributed by atoms with E-state index in [2.05, 4.69) is 10.6 Å². The third-order valence-electron chi connectivity index (χ3n) is 3.18. The molecular formula is C10H20N2O2. The molecule has 1 aliphatic carbocycles. The van der Waals surface area contributed by atoms with Crippen LogP contribution in [-0.2, 0) is 4.79 Å². The maximum Gasteiger partial charge on any atom is 0.240 e. The molecule has 0 spiro atoms. The summed E-state index contributed by atoms with van der Waals surface area (Å²) in [5, 5.41) is 15.1. The van der Waals surface area contributed by atoms with Crippen molar-refractivity contribution in [1.29, 1.82) is 0 Å². The molecule has 0 bridgehead atoms. The first-order chi connectivity index (χ1) is 6.46. The summed E-state index contributed by atoms with van der Waals surface area (Å²) in [6, 6.07) is 0. The number of hydrogen-bond donors (Lipinski definition) is 3. The molecule has 3 N–H and O–H groups in total. The minimum absolute atomic E-state index is 0.0402. The third-order valence-corrected chi connectivity index (χ3v) is 3.18. The molecule has 0 aromatic carbocycles. The molecule has 0 aliphatic heterocycles. The smallest absolute Gasteiger partial charge is 0.240 e. The van der Waals surface area contributed by atoms with Crippen LogP contribution in [0.3, 0.4) is 0 Å². The monoisotopic (exact) mass is 200 g/mol. The Morgan fingerprint density at radius 1 is 1.50 bits per heavy atom. The zero-order valence-electron chi connectivity index (χ0n) is 9.18. The van der Waals surface area contributed by atoms with Gasteiger partial charge in [0.25, 0.3) is 0 Å². The second-order valence-corrected chi connectivity index (χ2v) is 4.62. The van der Waals surface area contributed by atoms with Gasteiger partial charge < -0.3 is 15.7 Å². The average molecular weight is 200 g/mol. The van der Waals surface area contributed by atoms with Crippen molar-refractivity contribution in [3.8, 4) is 0 Å². The Bertz CT molecular complexity index is 217. The topological polar surface area (TPSA) is 61.4 Å². The van der Waals surface area contributed by atoms with Gasteiger partial charge in [-0.3, -0.25) is 4.79 Å². The Morgan fingerprint density at radius 3 is 2.36 bits per heavy atom. The number of carbonyl (C=O) groups excluding carboxylic acids is 1. The Balaban J connectivity index is 2.55. The fraction of sp³-hybridized carbons (Fsp3) is 0.900. The second kappa shape index (κ2) is 3.87. The molecule has 4 nitrogen and oxygen atoms in total. The van der Waals surface area contributed by atoms with E-state index < -0.39 is 5.54 Å². The second-order valence-electron chi connectivity index (χ2n) is 4.62. The molecule has 14 heavy (non-hydrogen) atoms. The standard InChI is InChI=1S/C10H20N2O2/c1-9(2,11-3)8(14)12-10(7-13)5-4-6-10/h11,13H,4-7H2,1-3H3,(H,12,14). The van der Waals surface area contributed by atoms with Crippen molar-refractivity contribution in [3.63, 3.8) is 0 Å². The van der Waals surface area contributed by atoms with Crippen LogP contribution in [0.25, 0.3) is 0 Å². The van der Waals surface area contributed by atoms with Crippen LogP contribution in [0, 0.1) is 0 Å². The van der Waals surface area contributed by atoms with E-state index in [1.54, 1.807) is 7.05 Å². The molecular weight excluding hydrogens is 180 g/mol. The van der Waals surface area contributed by atoms with Crippen LogP contribution in [0.1, 0.15) is 33.1 Å². The lowest BCUT2D eigenvalue weighted by molar-refractivity contribution is -0.130. The molecule has 0 atom stereocenters. The number of aliphatic hydroxyl groups is 1. The molecule has 1 saturated carbocycles. The molecule has 0 aromatic heterocycles. The molecule has 1 amide bonds. The molecule has 4 heteroatoms. The van der Waals surface area contributed by atoms with Gasteiger partial charge in [0.15, 0.2) is 0 Å². The predicted octanol–water partition coefficient (Wildman–Crippen LogP) is 0.0156. The van der Waals surface area contributed by atoms with Gasteiger partial charge >= 0.3 is 0 Å². The molecule has 1 aliphatic rings. The van der Waals surface area contributed by atoms with Crippen LogP contribution in [0.15, 0.2) is 0 Å². The van der Waals surface area contributed by atoms with Crippen molar-refractivity contribution in [3.05, 3.63) is 0 Å². The van der Waals surface area contributed by atoms with Crippen molar-refractivity contribution < 1.29 is 9.90 Å². The van der Waals surface area contributed by atoms with Crippen molar-refractivity contribution in [2.24, 2.45) is 0 Å². The zero-order valence-corrected chi connectivity index (χ0v) is 9.18. The summed E-state index contributed by atoms with van der Waals surface area (Å²) >= 11 is 0. The maximum absolute atomic E-state index is 11.8. The number of hydrogen-bond acceptors (Lipinski definition) is 3. The lowest BCUT2D eigenvalue weighted by Gasteiger charge is -2.42. The Kier molecular flexibility index (Phi) is 3.17. The fourth-order valence-electron chi connectivity index (χ4n) is 1.44. The van der Waals surface area contributed by atoms with E-state index >= 15 is 0 Å². The van der Waals surface area contributed by atoms with Gasteiger partial charge in [0.1, 0.15) is 0 Å². The summed E-state index contributed by atoms with van der Waals surface area (Å²) in [5.41, 5.74) is -0.914. The number of aliphatic hydroxyl groups excluding tert-OH is 1. The number of nitrogens with one attached hydrogen (secondary N) is 2. The summed E-state index contributed by atoms with van der Waals surface area (Å²) in [4.78, 5) is 11.8. The van der Waals surface area contributed by atoms with Crippen LogP contribution in [0.4, 0.5) is 0 Å². The fourth-order valence-corrected chi connectivity index (χ4v) is 1.44. The van der Waals surface area contributed by atoms with Gasteiger partial charge in [0.05, 0.1) is 17.7 Å². The Morgan fingerprint density at radius 2 is 2.07 bits per heavy atom. The van der Waals surface area contributed by atoms with Crippen LogP contribution in [0.5, 0.6) is 0 Å². The number of carbonyl (C=O) groups is 1. The molecule has 0 radical (unpaired) electrons. The number of rotatable bonds is 4. The number of amides is 1. The van der Waals surface area contributed by atoms with Crippen LogP contribution in [0.2, 0.25) is 0 Å². The van der Waals surface area contributed by atoms with Crippen LogP contribution in [-0.4, -0.2) is 35.7 Å². The Labute approximate surface area is 85.1 Å². The van der Waals surface area contributed by atoms with E-state index in [9.17, 15) is 9.90 Å². The van der Waals surface area contributed by atoms with Crippen molar-refractivity contribution in [2.45, 2.75) is 44.2 Å². The van der Waals surface area contributed by atoms with Gasteiger partial charge in [-0.15, -0.1) is 0 Å². The van der Waals surface area contributed by atoms with Gasteiger partial charge in [-0.2, -0.15) is 0 Å². The lowest BCUT2D eigenvalue weighted by Crippen LogP contribution is -2.62. The maximum atomic E-state index is 11.8. The summed E-state index contributed by atoms with van der Waals surface area (Å²) in [6.45, 7) is 3.69. The largest absolute Gasteiger partial charge is 0.394 e. The summed E-state index contributed by atoms with van der Waals surface area (Å²) in [5.74, 6) is -0.0475. The van der Waals surface area contributed by atoms with Crippen molar-refractivity contribution in [2.75, 3.05) is 13.7 Å². The van der Waals surface area contributed by atoms with E-state index in [1.807, 2.05) is 13.8 Å². The van der Waals surface area contributed by atoms with Crippen LogP contribution < -0.4 is 10.6 Å². The average Bonchev–Trinajstić information content (AvgIpc) is 2.10. The van der Waals surface area contributed by atoms with E-state index in [-0.39, 0.29) is 18.1 Å². The third kappa shape index (κ3) is 2.07. The minimum atomic E-state index is -0.572. The first kappa shape index (κ1) is 11.5. The van der Waals surface area contributed by atoms with Gasteiger partial charge in [0, 0.05) is 0 Å². The highest BCUT2D eigenvalue weighted by Gasteiger charge is 2.40. The van der Waals surface area contributed by atoms with E-state index in [1.165, 1.54) is 0 Å². The van der Waals surface area contributed by atoms with Gasteiger partial charge in [-0.05, 0) is 40.2 Å². The zero-order chi connectivity index (χ0) is 10.8. The number of likely N-dealkylation sites (N-methyl/N-ethyl adjacent to an activating group) is 1. The SMILES string of the molecule is CNC(C)(C)C(=O)NC1(CO)CCC1. The van der Waals surface area contributed by atoms with Gasteiger partial charge in [0.2, 0.25) is 5.91 Å². The van der Waals surface area contributed by atoms with Crippen molar-refractivity contribution >= 4 is 5.91 Å². The predicted molar refractivity (Wildman–Crippen MR) is 54.9 cm³/mol. The molecule has 1 rings (SSSR count). The molecule has 0 saturated heterocycles. The quantitative estimate of drug-likeness (QED) is 0.599. The molecule has 0 unspecified atom stereocenters. The van der Waals surface area contributed by atoms with E-state index in [4.69, 9.17) is 0 Å². The van der Waals surface area contributed by atoms with Crippen LogP contribution >= 0.6 is 0 Å².